The number of fused-ring (bicyclic) bond motifs is 1. The summed E-state index contributed by atoms with van der Waals surface area (Å²) in [6.45, 7) is 1.14. The van der Waals surface area contributed by atoms with Crippen molar-refractivity contribution in [3.63, 3.8) is 0 Å². The molecule has 2 fully saturated rings. The average molecular weight is 546 g/mol. The van der Waals surface area contributed by atoms with Crippen molar-refractivity contribution >= 4 is 18.1 Å². The highest BCUT2D eigenvalue weighted by Gasteiger charge is 2.53. The number of ether oxygens (including phenoxy) is 2. The summed E-state index contributed by atoms with van der Waals surface area (Å²) in [4.78, 5) is 34.2. The minimum absolute atomic E-state index is 0.0552. The first-order chi connectivity index (χ1) is 20.1. The molecular formula is C34H31N3O4. The van der Waals surface area contributed by atoms with E-state index in [-0.39, 0.29) is 30.6 Å². The van der Waals surface area contributed by atoms with E-state index in [1.54, 1.807) is 0 Å². The molecule has 0 aromatic heterocycles. The Kier molecular flexibility index (Phi) is 7.50. The van der Waals surface area contributed by atoms with Crippen LogP contribution in [0, 0.1) is 0 Å². The minimum atomic E-state index is -0.748. The summed E-state index contributed by atoms with van der Waals surface area (Å²) < 4.78 is 11.2. The number of carbonyl (C=O) groups excluding carboxylic acids is 2. The summed E-state index contributed by atoms with van der Waals surface area (Å²) in [6, 6.07) is 39.7. The molecule has 2 heterocycles. The number of amides is 2. The Bertz CT molecular complexity index is 1470. The fraction of sp³-hybridized carbons (Fsp3) is 0.206. The van der Waals surface area contributed by atoms with Crippen molar-refractivity contribution in [1.29, 1.82) is 0 Å². The van der Waals surface area contributed by atoms with Gasteiger partial charge in [0.25, 0.3) is 0 Å². The Morgan fingerprint density at radius 2 is 1.20 bits per heavy atom. The molecule has 2 aliphatic rings. The van der Waals surface area contributed by atoms with Crippen LogP contribution < -0.4 is 0 Å². The molecule has 0 saturated carbocycles. The zero-order valence-corrected chi connectivity index (χ0v) is 22.6. The van der Waals surface area contributed by atoms with Gasteiger partial charge in [-0.2, -0.15) is 0 Å². The maximum atomic E-state index is 13.4. The summed E-state index contributed by atoms with van der Waals surface area (Å²) in [5, 5.41) is 0. The molecule has 4 aromatic carbocycles. The fourth-order valence-electron chi connectivity index (χ4n) is 5.85. The Morgan fingerprint density at radius 1 is 0.707 bits per heavy atom. The number of aliphatic imine (C=N–C) groups is 1. The molecule has 6 rings (SSSR count). The molecule has 7 heteroatoms. The molecule has 1 unspecified atom stereocenters. The lowest BCUT2D eigenvalue weighted by Crippen LogP contribution is -2.42. The number of guanidine groups is 1. The van der Waals surface area contributed by atoms with E-state index < -0.39 is 12.2 Å². The van der Waals surface area contributed by atoms with Gasteiger partial charge in [-0.15, -0.1) is 4.99 Å². The largest absolute Gasteiger partial charge is 0.444 e. The van der Waals surface area contributed by atoms with Gasteiger partial charge in [0.15, 0.2) is 0 Å². The van der Waals surface area contributed by atoms with Gasteiger partial charge in [-0.05, 0) is 28.7 Å². The van der Waals surface area contributed by atoms with Crippen molar-refractivity contribution in [3.8, 4) is 0 Å². The predicted octanol–water partition coefficient (Wildman–Crippen LogP) is 6.39. The zero-order valence-electron chi connectivity index (χ0n) is 22.6. The molecule has 1 atom stereocenters. The molecule has 2 aliphatic heterocycles. The number of nitrogens with zero attached hydrogens (tertiary/aromatic N) is 3. The summed E-state index contributed by atoms with van der Waals surface area (Å²) in [5.41, 5.74) is 3.78. The van der Waals surface area contributed by atoms with Gasteiger partial charge < -0.3 is 14.4 Å². The van der Waals surface area contributed by atoms with Crippen LogP contribution >= 0.6 is 0 Å². The SMILES string of the molecule is O=C(/N=C1/N(C(=O)OCc2ccccc2)CC2CC(c3ccccc3)(c3ccccc3)CN12)OCc1ccccc1. The second-order valence-corrected chi connectivity index (χ2v) is 10.4. The second-order valence-electron chi connectivity index (χ2n) is 10.4. The molecule has 0 bridgehead atoms. The lowest BCUT2D eigenvalue weighted by Gasteiger charge is -2.32. The molecule has 206 valence electrons. The van der Waals surface area contributed by atoms with Crippen molar-refractivity contribution in [1.82, 2.24) is 9.80 Å². The van der Waals surface area contributed by atoms with Gasteiger partial charge in [0.05, 0.1) is 12.6 Å². The van der Waals surface area contributed by atoms with E-state index >= 15 is 0 Å². The highest BCUT2D eigenvalue weighted by Crippen LogP contribution is 2.46. The third kappa shape index (κ3) is 5.57. The van der Waals surface area contributed by atoms with Crippen LogP contribution in [0.25, 0.3) is 0 Å². The third-order valence-corrected chi connectivity index (χ3v) is 7.83. The second kappa shape index (κ2) is 11.7. The molecule has 0 radical (unpaired) electrons. The first-order valence-electron chi connectivity index (χ1n) is 13.8. The molecule has 7 nitrogen and oxygen atoms in total. The number of hydrogen-bond acceptors (Lipinski definition) is 4. The topological polar surface area (TPSA) is 71.4 Å². The smallest absolute Gasteiger partial charge is 0.437 e. The van der Waals surface area contributed by atoms with Crippen molar-refractivity contribution in [2.75, 3.05) is 13.1 Å². The zero-order chi connectivity index (χ0) is 28.1. The van der Waals surface area contributed by atoms with Crippen LogP contribution in [0.1, 0.15) is 28.7 Å². The summed E-state index contributed by atoms with van der Waals surface area (Å²) in [6.07, 6.45) is -0.535. The molecular weight excluding hydrogens is 514 g/mol. The maximum Gasteiger partial charge on any atom is 0.437 e. The van der Waals surface area contributed by atoms with E-state index in [0.717, 1.165) is 17.5 Å². The number of benzene rings is 4. The van der Waals surface area contributed by atoms with Gasteiger partial charge in [0, 0.05) is 12.0 Å². The van der Waals surface area contributed by atoms with E-state index in [9.17, 15) is 9.59 Å². The monoisotopic (exact) mass is 545 g/mol. The number of rotatable bonds is 6. The molecule has 0 spiro atoms. The van der Waals surface area contributed by atoms with E-state index in [0.29, 0.717) is 13.1 Å². The normalized spacial score (nSPS) is 18.2. The van der Waals surface area contributed by atoms with Crippen LogP contribution in [0.3, 0.4) is 0 Å². The fourth-order valence-corrected chi connectivity index (χ4v) is 5.85. The van der Waals surface area contributed by atoms with Gasteiger partial charge >= 0.3 is 12.2 Å². The Labute approximate surface area is 239 Å². The summed E-state index contributed by atoms with van der Waals surface area (Å²) >= 11 is 0. The molecule has 0 aliphatic carbocycles. The van der Waals surface area contributed by atoms with Crippen molar-refractivity contribution < 1.29 is 19.1 Å². The van der Waals surface area contributed by atoms with Gasteiger partial charge in [-0.25, -0.2) is 14.5 Å². The van der Waals surface area contributed by atoms with Crippen LogP contribution in [-0.4, -0.2) is 47.1 Å². The van der Waals surface area contributed by atoms with Crippen molar-refractivity contribution in [2.24, 2.45) is 4.99 Å². The van der Waals surface area contributed by atoms with Crippen molar-refractivity contribution in [2.45, 2.75) is 31.1 Å². The van der Waals surface area contributed by atoms with Crippen molar-refractivity contribution in [3.05, 3.63) is 144 Å². The quantitative estimate of drug-likeness (QED) is 0.281. The van der Waals surface area contributed by atoms with Gasteiger partial charge in [0.1, 0.15) is 13.2 Å². The Balaban J connectivity index is 1.29. The molecule has 41 heavy (non-hydrogen) atoms. The van der Waals surface area contributed by atoms with Gasteiger partial charge in [-0.1, -0.05) is 121 Å². The number of hydrogen-bond donors (Lipinski definition) is 0. The predicted molar refractivity (Wildman–Crippen MR) is 156 cm³/mol. The minimum Gasteiger partial charge on any atom is -0.444 e. The van der Waals surface area contributed by atoms with Gasteiger partial charge in [-0.3, -0.25) is 0 Å². The van der Waals surface area contributed by atoms with E-state index in [2.05, 4.69) is 34.2 Å². The molecule has 2 saturated heterocycles. The summed E-state index contributed by atoms with van der Waals surface area (Å²) in [5.74, 6) is 0.264. The van der Waals surface area contributed by atoms with Crippen LogP contribution in [0.15, 0.2) is 126 Å². The first kappa shape index (κ1) is 26.3. The Morgan fingerprint density at radius 3 is 1.73 bits per heavy atom. The van der Waals surface area contributed by atoms with Crippen LogP contribution in [0.4, 0.5) is 9.59 Å². The first-order valence-corrected chi connectivity index (χ1v) is 13.8. The summed E-state index contributed by atoms with van der Waals surface area (Å²) in [7, 11) is 0. The highest BCUT2D eigenvalue weighted by molar-refractivity contribution is 6.01. The maximum absolute atomic E-state index is 13.4. The standard InChI is InChI=1S/C34H31N3O4/c38-32(40-23-26-13-5-1-6-14-26)35-31-36(33(39)41-24-27-15-7-2-8-16-27)22-30-21-34(25-37(30)31,28-17-9-3-10-18-28)29-19-11-4-12-20-29/h1-20,30H,21-25H2/b35-31-. The van der Waals surface area contributed by atoms with Gasteiger partial charge in [0.2, 0.25) is 5.96 Å². The molecule has 0 N–H and O–H groups in total. The van der Waals surface area contributed by atoms with E-state index in [4.69, 9.17) is 9.47 Å². The molecule has 2 amide bonds. The third-order valence-electron chi connectivity index (χ3n) is 7.83. The highest BCUT2D eigenvalue weighted by atomic mass is 16.6. The average Bonchev–Trinajstić information content (AvgIpc) is 3.57. The van der Waals surface area contributed by atoms with Crippen LogP contribution in [0.5, 0.6) is 0 Å². The molecule has 4 aromatic rings. The lowest BCUT2D eigenvalue weighted by molar-refractivity contribution is 0.117. The van der Waals surface area contributed by atoms with E-state index in [1.807, 2.05) is 97.1 Å². The van der Waals surface area contributed by atoms with Crippen LogP contribution in [-0.2, 0) is 28.1 Å². The van der Waals surface area contributed by atoms with E-state index in [1.165, 1.54) is 16.0 Å². The lowest BCUT2D eigenvalue weighted by atomic mass is 9.73. The Hall–Kier alpha value is -4.91. The van der Waals surface area contributed by atoms with Crippen LogP contribution in [0.2, 0.25) is 0 Å². The number of carbonyl (C=O) groups is 2.